The molecule has 0 aliphatic heterocycles. The molecule has 6 nitrogen and oxygen atoms in total. The van der Waals surface area contributed by atoms with E-state index in [4.69, 9.17) is 15.7 Å². The van der Waals surface area contributed by atoms with Crippen LogP contribution in [-0.2, 0) is 0 Å². The fourth-order valence-corrected chi connectivity index (χ4v) is 1.63. The summed E-state index contributed by atoms with van der Waals surface area (Å²) in [7, 11) is 0. The molecule has 0 spiro atoms. The number of hydrogen-bond donors (Lipinski definition) is 2. The van der Waals surface area contributed by atoms with E-state index in [0.29, 0.717) is 17.4 Å². The van der Waals surface area contributed by atoms with Gasteiger partial charge in [-0.25, -0.2) is 4.98 Å². The Morgan fingerprint density at radius 3 is 2.85 bits per heavy atom. The lowest BCUT2D eigenvalue weighted by Gasteiger charge is -2.08. The molecule has 3 N–H and O–H groups in total. The van der Waals surface area contributed by atoms with Crippen molar-refractivity contribution < 1.29 is 9.94 Å². The van der Waals surface area contributed by atoms with Gasteiger partial charge in [-0.15, -0.1) is 0 Å². The molecule has 0 aliphatic carbocycles. The van der Waals surface area contributed by atoms with Gasteiger partial charge in [0.15, 0.2) is 5.84 Å². The van der Waals surface area contributed by atoms with Crippen molar-refractivity contribution in [3.8, 4) is 11.8 Å². The van der Waals surface area contributed by atoms with Gasteiger partial charge in [0.25, 0.3) is 0 Å². The Balaban J connectivity index is 2.24. The number of oxime groups is 1. The van der Waals surface area contributed by atoms with Crippen LogP contribution < -0.4 is 10.5 Å². The predicted octanol–water partition coefficient (Wildman–Crippen LogP) is 2.49. The maximum atomic E-state index is 8.63. The van der Waals surface area contributed by atoms with E-state index in [9.17, 15) is 0 Å². The van der Waals surface area contributed by atoms with Crippen LogP contribution in [0.1, 0.15) is 31.0 Å². The van der Waals surface area contributed by atoms with Crippen LogP contribution in [-0.4, -0.2) is 21.0 Å². The van der Waals surface area contributed by atoms with Crippen molar-refractivity contribution in [2.45, 2.75) is 19.8 Å². The molecular formula is C14H16N4O2. The number of rotatable bonds is 4. The third kappa shape index (κ3) is 3.23. The van der Waals surface area contributed by atoms with Crippen molar-refractivity contribution in [3.63, 3.8) is 0 Å². The number of ether oxygens (including phenoxy) is 1. The van der Waals surface area contributed by atoms with Gasteiger partial charge in [-0.05, 0) is 29.7 Å². The molecule has 104 valence electrons. The van der Waals surface area contributed by atoms with Gasteiger partial charge in [0.05, 0.1) is 0 Å². The van der Waals surface area contributed by atoms with Gasteiger partial charge >= 0.3 is 6.01 Å². The van der Waals surface area contributed by atoms with E-state index in [1.807, 2.05) is 24.3 Å². The zero-order valence-electron chi connectivity index (χ0n) is 11.3. The Bertz CT molecular complexity index is 626. The summed E-state index contributed by atoms with van der Waals surface area (Å²) in [5.41, 5.74) is 6.94. The summed E-state index contributed by atoms with van der Waals surface area (Å²) in [6, 6.07) is 9.39. The third-order valence-corrected chi connectivity index (χ3v) is 2.74. The van der Waals surface area contributed by atoms with Crippen LogP contribution in [0.2, 0.25) is 0 Å². The molecule has 0 amide bonds. The Kier molecular flexibility index (Phi) is 4.14. The summed E-state index contributed by atoms with van der Waals surface area (Å²) in [6.45, 7) is 4.21. The number of aromatic nitrogens is 2. The molecule has 0 atom stereocenters. The zero-order chi connectivity index (χ0) is 14.5. The second-order valence-electron chi connectivity index (χ2n) is 4.54. The van der Waals surface area contributed by atoms with Crippen LogP contribution in [0.5, 0.6) is 11.8 Å². The van der Waals surface area contributed by atoms with Gasteiger partial charge in [-0.3, -0.25) is 0 Å². The first-order valence-corrected chi connectivity index (χ1v) is 6.19. The van der Waals surface area contributed by atoms with Crippen molar-refractivity contribution >= 4 is 5.84 Å². The number of benzene rings is 1. The molecule has 0 bridgehead atoms. The third-order valence-electron chi connectivity index (χ3n) is 2.74. The summed E-state index contributed by atoms with van der Waals surface area (Å²) in [5.74, 6) is 0.962. The molecule has 0 saturated carbocycles. The van der Waals surface area contributed by atoms with E-state index in [0.717, 1.165) is 5.56 Å². The maximum absolute atomic E-state index is 8.63. The Morgan fingerprint density at radius 1 is 1.35 bits per heavy atom. The minimum Gasteiger partial charge on any atom is -0.424 e. The minimum atomic E-state index is -0.0896. The van der Waals surface area contributed by atoms with Crippen LogP contribution in [0.3, 0.4) is 0 Å². The number of nitrogens with zero attached hydrogens (tertiary/aromatic N) is 3. The van der Waals surface area contributed by atoms with Gasteiger partial charge in [0, 0.05) is 6.20 Å². The Morgan fingerprint density at radius 2 is 2.15 bits per heavy atom. The van der Waals surface area contributed by atoms with Crippen LogP contribution in [0.25, 0.3) is 0 Å². The highest BCUT2D eigenvalue weighted by Crippen LogP contribution is 2.23. The molecule has 0 radical (unpaired) electrons. The molecular weight excluding hydrogens is 256 g/mol. The standard InChI is InChI=1S/C14H16N4O2/c1-9(2)10-4-3-5-11(8-10)20-14-16-7-6-12(17-14)13(15)18-19/h3-9,19H,1-2H3,(H2,15,18). The van der Waals surface area contributed by atoms with E-state index >= 15 is 0 Å². The fraction of sp³-hybridized carbons (Fsp3) is 0.214. The van der Waals surface area contributed by atoms with Crippen molar-refractivity contribution in [3.05, 3.63) is 47.8 Å². The number of nitrogens with two attached hydrogens (primary N) is 1. The molecule has 2 rings (SSSR count). The second-order valence-corrected chi connectivity index (χ2v) is 4.54. The van der Waals surface area contributed by atoms with Gasteiger partial charge in [-0.2, -0.15) is 4.98 Å². The number of hydrogen-bond acceptors (Lipinski definition) is 5. The number of amidine groups is 1. The van der Waals surface area contributed by atoms with Gasteiger partial charge in [-0.1, -0.05) is 31.1 Å². The fourth-order valence-electron chi connectivity index (χ4n) is 1.63. The van der Waals surface area contributed by atoms with Crippen LogP contribution >= 0.6 is 0 Å². The smallest absolute Gasteiger partial charge is 0.322 e. The van der Waals surface area contributed by atoms with Gasteiger partial charge < -0.3 is 15.7 Å². The highest BCUT2D eigenvalue weighted by molar-refractivity contribution is 5.95. The molecule has 1 aromatic heterocycles. The van der Waals surface area contributed by atoms with E-state index in [-0.39, 0.29) is 11.8 Å². The molecule has 0 unspecified atom stereocenters. The summed E-state index contributed by atoms with van der Waals surface area (Å²) in [6.07, 6.45) is 1.49. The Hall–Kier alpha value is -2.63. The highest BCUT2D eigenvalue weighted by Gasteiger charge is 2.07. The first kappa shape index (κ1) is 13.8. The largest absolute Gasteiger partial charge is 0.424 e. The van der Waals surface area contributed by atoms with Crippen molar-refractivity contribution in [1.29, 1.82) is 0 Å². The molecule has 1 heterocycles. The van der Waals surface area contributed by atoms with E-state index < -0.39 is 0 Å². The van der Waals surface area contributed by atoms with E-state index in [1.165, 1.54) is 12.3 Å². The lowest BCUT2D eigenvalue weighted by atomic mass is 10.0. The van der Waals surface area contributed by atoms with E-state index in [1.54, 1.807) is 0 Å². The van der Waals surface area contributed by atoms with Crippen molar-refractivity contribution in [1.82, 2.24) is 9.97 Å². The van der Waals surface area contributed by atoms with E-state index in [2.05, 4.69) is 29.0 Å². The Labute approximate surface area is 116 Å². The summed E-state index contributed by atoms with van der Waals surface area (Å²) in [4.78, 5) is 8.06. The van der Waals surface area contributed by atoms with Crippen LogP contribution in [0, 0.1) is 0 Å². The first-order valence-electron chi connectivity index (χ1n) is 6.19. The molecule has 2 aromatic rings. The summed E-state index contributed by atoms with van der Waals surface area (Å²) in [5, 5.41) is 11.5. The zero-order valence-corrected chi connectivity index (χ0v) is 11.3. The summed E-state index contributed by atoms with van der Waals surface area (Å²) >= 11 is 0. The minimum absolute atomic E-state index is 0.0896. The monoisotopic (exact) mass is 272 g/mol. The van der Waals surface area contributed by atoms with Gasteiger partial charge in [0.2, 0.25) is 0 Å². The van der Waals surface area contributed by atoms with Gasteiger partial charge in [0.1, 0.15) is 11.4 Å². The van der Waals surface area contributed by atoms with Crippen LogP contribution in [0.4, 0.5) is 0 Å². The average molecular weight is 272 g/mol. The maximum Gasteiger partial charge on any atom is 0.322 e. The average Bonchev–Trinajstić information content (AvgIpc) is 2.47. The molecule has 0 aliphatic rings. The molecule has 0 saturated heterocycles. The molecule has 6 heteroatoms. The molecule has 1 aromatic carbocycles. The van der Waals surface area contributed by atoms with Crippen molar-refractivity contribution in [2.24, 2.45) is 10.9 Å². The quantitative estimate of drug-likeness (QED) is 0.386. The SMILES string of the molecule is CC(C)c1cccc(Oc2nccc(/C(N)=N/O)n2)c1. The second kappa shape index (κ2) is 6.01. The first-order chi connectivity index (χ1) is 9.60. The topological polar surface area (TPSA) is 93.6 Å². The highest BCUT2D eigenvalue weighted by atomic mass is 16.5. The predicted molar refractivity (Wildman–Crippen MR) is 75.1 cm³/mol. The normalized spacial score (nSPS) is 11.7. The lowest BCUT2D eigenvalue weighted by molar-refractivity contribution is 0.318. The molecule has 0 fully saturated rings. The van der Waals surface area contributed by atoms with Crippen LogP contribution in [0.15, 0.2) is 41.7 Å². The van der Waals surface area contributed by atoms with Crippen molar-refractivity contribution in [2.75, 3.05) is 0 Å². The summed E-state index contributed by atoms with van der Waals surface area (Å²) < 4.78 is 5.59. The lowest BCUT2D eigenvalue weighted by Crippen LogP contribution is -2.15. The molecule has 20 heavy (non-hydrogen) atoms.